The highest BCUT2D eigenvalue weighted by atomic mass is 35.5. The fraction of sp³-hybridized carbons (Fsp3) is 0.167. The van der Waals surface area contributed by atoms with Gasteiger partial charge in [-0.1, -0.05) is 11.6 Å². The molecule has 0 aliphatic rings. The van der Waals surface area contributed by atoms with Crippen LogP contribution < -0.4 is 4.74 Å². The number of hydrogen-bond donors (Lipinski definition) is 0. The Bertz CT molecular complexity index is 863. The lowest BCUT2D eigenvalue weighted by Gasteiger charge is -2.19. The quantitative estimate of drug-likeness (QED) is 0.704. The van der Waals surface area contributed by atoms with E-state index in [1.807, 2.05) is 0 Å². The summed E-state index contributed by atoms with van der Waals surface area (Å²) in [6, 6.07) is 8.87. The highest BCUT2D eigenvalue weighted by Crippen LogP contribution is 2.24. The summed E-state index contributed by atoms with van der Waals surface area (Å²) in [7, 11) is 3.32. The Hall–Kier alpha value is -2.86. The number of amides is 1. The van der Waals surface area contributed by atoms with E-state index in [1.54, 1.807) is 78.9 Å². The smallest absolute Gasteiger partial charge is 0.255 e. The number of ether oxygens (including phenoxy) is 1. The molecule has 0 atom stereocenters. The van der Waals surface area contributed by atoms with Crippen LogP contribution in [0.25, 0.3) is 5.82 Å². The molecule has 7 heteroatoms. The lowest BCUT2D eigenvalue weighted by atomic mass is 10.1. The molecule has 1 amide bonds. The first-order chi connectivity index (χ1) is 12.1. The van der Waals surface area contributed by atoms with Crippen LogP contribution in [0, 0.1) is 0 Å². The zero-order chi connectivity index (χ0) is 17.8. The predicted octanol–water partition coefficient (Wildman–Crippen LogP) is 3.20. The Labute approximate surface area is 150 Å². The summed E-state index contributed by atoms with van der Waals surface area (Å²) in [4.78, 5) is 22.5. The second kappa shape index (κ2) is 7.36. The fourth-order valence-corrected chi connectivity index (χ4v) is 2.67. The number of pyridine rings is 1. The van der Waals surface area contributed by atoms with Crippen molar-refractivity contribution in [3.8, 4) is 11.6 Å². The number of rotatable bonds is 5. The van der Waals surface area contributed by atoms with Crippen LogP contribution in [0.15, 0.2) is 55.2 Å². The summed E-state index contributed by atoms with van der Waals surface area (Å²) < 4.78 is 7.10. The van der Waals surface area contributed by atoms with E-state index in [2.05, 4.69) is 9.97 Å². The second-order valence-electron chi connectivity index (χ2n) is 5.49. The normalized spacial score (nSPS) is 10.5. The molecule has 1 aromatic carbocycles. The van der Waals surface area contributed by atoms with Gasteiger partial charge in [-0.3, -0.25) is 9.36 Å². The van der Waals surface area contributed by atoms with Gasteiger partial charge in [0, 0.05) is 42.8 Å². The van der Waals surface area contributed by atoms with Gasteiger partial charge in [-0.15, -0.1) is 0 Å². The molecule has 2 aromatic heterocycles. The highest BCUT2D eigenvalue weighted by Gasteiger charge is 2.15. The van der Waals surface area contributed by atoms with Crippen LogP contribution in [0.4, 0.5) is 0 Å². The summed E-state index contributed by atoms with van der Waals surface area (Å²) in [5, 5.41) is 0.600. The Morgan fingerprint density at radius 3 is 2.80 bits per heavy atom. The van der Waals surface area contributed by atoms with Gasteiger partial charge in [-0.2, -0.15) is 0 Å². The largest absolute Gasteiger partial charge is 0.496 e. The molecule has 0 saturated carbocycles. The molecule has 0 bridgehead atoms. The Balaban J connectivity index is 1.75. The molecule has 128 valence electrons. The molecule has 0 unspecified atom stereocenters. The predicted molar refractivity (Wildman–Crippen MR) is 95.2 cm³/mol. The van der Waals surface area contributed by atoms with Crippen LogP contribution in [-0.2, 0) is 6.54 Å². The molecule has 0 aliphatic carbocycles. The first-order valence-electron chi connectivity index (χ1n) is 7.61. The highest BCUT2D eigenvalue weighted by molar-refractivity contribution is 6.30. The van der Waals surface area contributed by atoms with E-state index in [1.165, 1.54) is 0 Å². The minimum atomic E-state index is -0.133. The lowest BCUT2D eigenvalue weighted by Crippen LogP contribution is -2.26. The van der Waals surface area contributed by atoms with E-state index in [-0.39, 0.29) is 5.91 Å². The van der Waals surface area contributed by atoms with Crippen molar-refractivity contribution in [3.05, 3.63) is 71.4 Å². The molecule has 0 N–H and O–H groups in total. The average Bonchev–Trinajstić information content (AvgIpc) is 3.16. The third-order valence-electron chi connectivity index (χ3n) is 3.76. The maximum atomic E-state index is 12.6. The third-order valence-corrected chi connectivity index (χ3v) is 4.00. The number of nitrogens with zero attached hydrogens (tertiary/aromatic N) is 4. The van der Waals surface area contributed by atoms with Crippen LogP contribution in [-0.4, -0.2) is 39.5 Å². The number of carbonyl (C=O) groups is 1. The standard InChI is InChI=1S/C18H17ClN4O2/c1-22(11-14-9-15(19)4-5-16(14)25-2)18(24)13-3-6-17(21-10-13)23-8-7-20-12-23/h3-10,12H,11H2,1-2H3. The van der Waals surface area contributed by atoms with E-state index >= 15 is 0 Å². The lowest BCUT2D eigenvalue weighted by molar-refractivity contribution is 0.0784. The van der Waals surface area contributed by atoms with Gasteiger partial charge in [-0.05, 0) is 30.3 Å². The molecule has 2 heterocycles. The first-order valence-corrected chi connectivity index (χ1v) is 7.98. The third kappa shape index (κ3) is 3.80. The number of hydrogen-bond acceptors (Lipinski definition) is 4. The number of carbonyl (C=O) groups excluding carboxylic acids is 1. The van der Waals surface area contributed by atoms with Gasteiger partial charge in [0.2, 0.25) is 0 Å². The molecule has 0 radical (unpaired) electrons. The fourth-order valence-electron chi connectivity index (χ4n) is 2.48. The monoisotopic (exact) mass is 356 g/mol. The van der Waals surface area contributed by atoms with Gasteiger partial charge in [-0.25, -0.2) is 9.97 Å². The van der Waals surface area contributed by atoms with Gasteiger partial charge >= 0.3 is 0 Å². The van der Waals surface area contributed by atoms with E-state index in [4.69, 9.17) is 16.3 Å². The van der Waals surface area contributed by atoms with Crippen LogP contribution >= 0.6 is 11.6 Å². The Morgan fingerprint density at radius 2 is 2.16 bits per heavy atom. The average molecular weight is 357 g/mol. The number of methoxy groups -OCH3 is 1. The summed E-state index contributed by atoms with van der Waals surface area (Å²) >= 11 is 6.04. The van der Waals surface area contributed by atoms with Gasteiger partial charge in [0.25, 0.3) is 5.91 Å². The van der Waals surface area contributed by atoms with Crippen molar-refractivity contribution in [2.45, 2.75) is 6.54 Å². The number of benzene rings is 1. The van der Waals surface area contributed by atoms with Crippen molar-refractivity contribution < 1.29 is 9.53 Å². The molecule has 0 fully saturated rings. The first kappa shape index (κ1) is 17.0. The van der Waals surface area contributed by atoms with Crippen molar-refractivity contribution in [1.82, 2.24) is 19.4 Å². The van der Waals surface area contributed by atoms with Crippen LogP contribution in [0.3, 0.4) is 0 Å². The minimum Gasteiger partial charge on any atom is -0.496 e. The maximum absolute atomic E-state index is 12.6. The second-order valence-corrected chi connectivity index (χ2v) is 5.93. The molecule has 3 rings (SSSR count). The van der Waals surface area contributed by atoms with Crippen LogP contribution in [0.5, 0.6) is 5.75 Å². The van der Waals surface area contributed by atoms with Crippen molar-refractivity contribution in [2.24, 2.45) is 0 Å². The van der Waals surface area contributed by atoms with Crippen molar-refractivity contribution >= 4 is 17.5 Å². The van der Waals surface area contributed by atoms with E-state index in [0.717, 1.165) is 5.56 Å². The SMILES string of the molecule is COc1ccc(Cl)cc1CN(C)C(=O)c1ccc(-n2ccnc2)nc1. The maximum Gasteiger partial charge on any atom is 0.255 e. The zero-order valence-electron chi connectivity index (χ0n) is 13.9. The molecule has 25 heavy (non-hydrogen) atoms. The molecule has 0 aliphatic heterocycles. The Morgan fingerprint density at radius 1 is 1.32 bits per heavy atom. The van der Waals surface area contributed by atoms with E-state index < -0.39 is 0 Å². The number of halogens is 1. The van der Waals surface area contributed by atoms with Crippen molar-refractivity contribution in [3.63, 3.8) is 0 Å². The molecule has 6 nitrogen and oxygen atoms in total. The summed E-state index contributed by atoms with van der Waals surface area (Å²) in [6.45, 7) is 0.381. The van der Waals surface area contributed by atoms with Crippen LogP contribution in [0.1, 0.15) is 15.9 Å². The zero-order valence-corrected chi connectivity index (χ0v) is 14.6. The van der Waals surface area contributed by atoms with E-state index in [9.17, 15) is 4.79 Å². The van der Waals surface area contributed by atoms with Crippen LogP contribution in [0.2, 0.25) is 5.02 Å². The van der Waals surface area contributed by atoms with Gasteiger partial charge in [0.05, 0.1) is 12.7 Å². The van der Waals surface area contributed by atoms with Crippen molar-refractivity contribution in [2.75, 3.05) is 14.2 Å². The molecule has 0 saturated heterocycles. The van der Waals surface area contributed by atoms with Gasteiger partial charge < -0.3 is 9.64 Å². The minimum absolute atomic E-state index is 0.133. The van der Waals surface area contributed by atoms with E-state index in [0.29, 0.717) is 28.7 Å². The molecular formula is C18H17ClN4O2. The summed E-state index contributed by atoms with van der Waals surface area (Å²) in [5.74, 6) is 1.26. The molecular weight excluding hydrogens is 340 g/mol. The molecule has 0 spiro atoms. The number of aromatic nitrogens is 3. The van der Waals surface area contributed by atoms with Gasteiger partial charge in [0.1, 0.15) is 17.9 Å². The van der Waals surface area contributed by atoms with Gasteiger partial charge in [0.15, 0.2) is 0 Å². The van der Waals surface area contributed by atoms with Crippen molar-refractivity contribution in [1.29, 1.82) is 0 Å². The number of imidazole rings is 1. The summed E-state index contributed by atoms with van der Waals surface area (Å²) in [5.41, 5.74) is 1.35. The topological polar surface area (TPSA) is 60.2 Å². The molecule has 3 aromatic rings. The Kier molecular flexibility index (Phi) is 5.00. The summed E-state index contributed by atoms with van der Waals surface area (Å²) in [6.07, 6.45) is 6.68.